The summed E-state index contributed by atoms with van der Waals surface area (Å²) in [6.45, 7) is 16.6. The van der Waals surface area contributed by atoms with Crippen LogP contribution in [0.3, 0.4) is 0 Å². The van der Waals surface area contributed by atoms with Gasteiger partial charge in [0, 0.05) is 5.56 Å². The lowest BCUT2D eigenvalue weighted by Crippen LogP contribution is -2.21. The van der Waals surface area contributed by atoms with Crippen LogP contribution < -0.4 is 5.32 Å². The summed E-state index contributed by atoms with van der Waals surface area (Å²) in [5.41, 5.74) is 1.33. The Kier molecular flexibility index (Phi) is 15.7. The molecule has 6 heteroatoms. The second-order valence-electron chi connectivity index (χ2n) is 5.47. The number of thioether (sulfide) groups is 1. The molecule has 27 heavy (non-hydrogen) atoms. The molecule has 0 aliphatic carbocycles. The fraction of sp³-hybridized carbons (Fsp3) is 0.476. The smallest absolute Gasteiger partial charge is 0.317 e. The van der Waals surface area contributed by atoms with E-state index in [1.807, 2.05) is 20.8 Å². The summed E-state index contributed by atoms with van der Waals surface area (Å²) in [7, 11) is 0. The van der Waals surface area contributed by atoms with E-state index in [-0.39, 0.29) is 16.8 Å². The van der Waals surface area contributed by atoms with Crippen molar-refractivity contribution < 1.29 is 18.0 Å². The van der Waals surface area contributed by atoms with Crippen LogP contribution in [0.25, 0.3) is 0 Å². The van der Waals surface area contributed by atoms with Crippen molar-refractivity contribution in [1.29, 1.82) is 0 Å². The number of carbonyl (C=O) groups is 1. The van der Waals surface area contributed by atoms with Gasteiger partial charge in [-0.05, 0) is 19.1 Å². The second kappa shape index (κ2) is 15.4. The van der Waals surface area contributed by atoms with Gasteiger partial charge in [0.05, 0.1) is 9.93 Å². The number of unbranched alkanes of at least 4 members (excludes halogenated alkanes) is 3. The molecular weight excluding hydrogens is 371 g/mol. The molecule has 0 bridgehead atoms. The van der Waals surface area contributed by atoms with Crippen molar-refractivity contribution in [2.24, 2.45) is 0 Å². The summed E-state index contributed by atoms with van der Waals surface area (Å²) in [6, 6.07) is 6.64. The highest BCUT2D eigenvalue weighted by atomic mass is 32.2. The third kappa shape index (κ3) is 14.1. The summed E-state index contributed by atoms with van der Waals surface area (Å²) in [5.74, 6) is -0.507. The zero-order valence-corrected chi connectivity index (χ0v) is 17.8. The van der Waals surface area contributed by atoms with E-state index in [2.05, 4.69) is 32.3 Å². The molecule has 0 atom stereocenters. The average Bonchev–Trinajstić information content (AvgIpc) is 2.61. The Labute approximate surface area is 166 Å². The lowest BCUT2D eigenvalue weighted by Gasteiger charge is -2.12. The number of carbonyl (C=O) groups excluding carboxylic acids is 1. The van der Waals surface area contributed by atoms with E-state index < -0.39 is 17.0 Å². The maximum atomic E-state index is 12.2. The average molecular weight is 404 g/mol. The van der Waals surface area contributed by atoms with Crippen molar-refractivity contribution in [3.8, 4) is 0 Å². The number of allylic oxidation sites excluding steroid dienone is 1. The Bertz CT molecular complexity index is 562. The van der Waals surface area contributed by atoms with Gasteiger partial charge in [0.25, 0.3) is 5.91 Å². The number of aryl methyl sites for hydroxylation is 1. The molecule has 0 aromatic heterocycles. The zero-order valence-electron chi connectivity index (χ0n) is 17.0. The minimum atomic E-state index is -4.51. The quantitative estimate of drug-likeness (QED) is 0.474. The molecule has 1 N–H and O–H groups in total. The highest BCUT2D eigenvalue weighted by Gasteiger charge is 2.33. The molecular formula is C21H32F3NOS. The van der Waals surface area contributed by atoms with Crippen LogP contribution in [0.2, 0.25) is 0 Å². The first-order chi connectivity index (χ1) is 12.6. The third-order valence-corrected chi connectivity index (χ3v) is 3.91. The van der Waals surface area contributed by atoms with Gasteiger partial charge in [0.2, 0.25) is 0 Å². The highest BCUT2D eigenvalue weighted by molar-refractivity contribution is 8.06. The van der Waals surface area contributed by atoms with Crippen LogP contribution in [0.5, 0.6) is 0 Å². The molecule has 2 nitrogen and oxygen atoms in total. The van der Waals surface area contributed by atoms with Gasteiger partial charge >= 0.3 is 6.18 Å². The Morgan fingerprint density at radius 2 is 1.48 bits per heavy atom. The Hall–Kier alpha value is -1.69. The number of halogens is 3. The van der Waals surface area contributed by atoms with E-state index in [0.717, 1.165) is 5.56 Å². The highest BCUT2D eigenvalue weighted by Crippen LogP contribution is 2.35. The van der Waals surface area contributed by atoms with Crippen LogP contribution in [-0.4, -0.2) is 12.1 Å². The van der Waals surface area contributed by atoms with E-state index in [1.54, 1.807) is 24.3 Å². The van der Waals surface area contributed by atoms with Crippen molar-refractivity contribution in [3.63, 3.8) is 0 Å². The predicted molar refractivity (Wildman–Crippen MR) is 112 cm³/mol. The van der Waals surface area contributed by atoms with Crippen LogP contribution in [0.4, 0.5) is 13.2 Å². The van der Waals surface area contributed by atoms with Gasteiger partial charge in [-0.2, -0.15) is 13.2 Å². The first-order valence-corrected chi connectivity index (χ1v) is 9.94. The van der Waals surface area contributed by atoms with Crippen LogP contribution in [-0.2, 0) is 0 Å². The second-order valence-corrected chi connectivity index (χ2v) is 6.66. The molecule has 0 aliphatic heterocycles. The van der Waals surface area contributed by atoms with Crippen molar-refractivity contribution >= 4 is 17.7 Å². The fourth-order valence-corrected chi connectivity index (χ4v) is 2.19. The minimum absolute atomic E-state index is 0.118. The van der Waals surface area contributed by atoms with Gasteiger partial charge < -0.3 is 5.32 Å². The monoisotopic (exact) mass is 403 g/mol. The van der Waals surface area contributed by atoms with Crippen molar-refractivity contribution in [2.45, 2.75) is 66.5 Å². The Morgan fingerprint density at radius 1 is 1.04 bits per heavy atom. The summed E-state index contributed by atoms with van der Waals surface area (Å²) in [4.78, 5) is 10.7. The molecule has 0 radical (unpaired) electrons. The molecule has 0 spiro atoms. The maximum absolute atomic E-state index is 12.2. The predicted octanol–water partition coefficient (Wildman–Crippen LogP) is 7.62. The molecule has 1 amide bonds. The SMILES string of the molecule is C=C(NC(=O)c1ccc(C)cc1)SC(=C)C(F)(F)F.CC.CCCCCC. The van der Waals surface area contributed by atoms with Gasteiger partial charge in [-0.1, -0.05) is 96.0 Å². The Balaban J connectivity index is 0. The molecule has 1 aromatic carbocycles. The summed E-state index contributed by atoms with van der Waals surface area (Å²) >= 11 is 0.287. The van der Waals surface area contributed by atoms with Gasteiger partial charge in [0.1, 0.15) is 0 Å². The van der Waals surface area contributed by atoms with E-state index >= 15 is 0 Å². The lowest BCUT2D eigenvalue weighted by molar-refractivity contribution is -0.0832. The number of amides is 1. The number of hydrogen-bond acceptors (Lipinski definition) is 2. The third-order valence-electron chi connectivity index (χ3n) is 3.09. The molecule has 0 saturated heterocycles. The van der Waals surface area contributed by atoms with Crippen molar-refractivity contribution in [3.05, 3.63) is 58.5 Å². The standard InChI is InChI=1S/C13H12F3NOS.C6H14.C2H6/c1-8-4-6-11(7-5-8)12(18)17-10(3)19-9(2)13(14,15)16;1-3-5-6-4-2;1-2/h4-7H,2-3H2,1H3,(H,17,18);3-6H2,1-2H3;1-2H3. The zero-order chi connectivity index (χ0) is 21.5. The summed E-state index contributed by atoms with van der Waals surface area (Å²) in [5, 5.41) is 2.17. The topological polar surface area (TPSA) is 29.1 Å². The molecule has 0 saturated carbocycles. The van der Waals surface area contributed by atoms with Gasteiger partial charge in [-0.25, -0.2) is 0 Å². The number of rotatable bonds is 7. The number of benzene rings is 1. The molecule has 0 heterocycles. The number of nitrogens with one attached hydrogen (secondary N) is 1. The van der Waals surface area contributed by atoms with E-state index in [4.69, 9.17) is 0 Å². The van der Waals surface area contributed by atoms with Crippen LogP contribution >= 0.6 is 11.8 Å². The van der Waals surface area contributed by atoms with Gasteiger partial charge in [-0.3, -0.25) is 4.79 Å². The van der Waals surface area contributed by atoms with Gasteiger partial charge in [0.15, 0.2) is 0 Å². The summed E-state index contributed by atoms with van der Waals surface area (Å²) < 4.78 is 36.7. The first kappa shape index (κ1) is 27.5. The van der Waals surface area contributed by atoms with E-state index in [0.29, 0.717) is 5.56 Å². The van der Waals surface area contributed by atoms with Crippen LogP contribution in [0, 0.1) is 6.92 Å². The minimum Gasteiger partial charge on any atom is -0.317 e. The normalized spacial score (nSPS) is 9.93. The first-order valence-electron chi connectivity index (χ1n) is 9.12. The number of alkyl halides is 3. The van der Waals surface area contributed by atoms with Crippen molar-refractivity contribution in [2.75, 3.05) is 0 Å². The van der Waals surface area contributed by atoms with Crippen LogP contribution in [0.15, 0.2) is 47.4 Å². The largest absolute Gasteiger partial charge is 0.422 e. The molecule has 0 aliphatic rings. The molecule has 1 rings (SSSR count). The Morgan fingerprint density at radius 3 is 1.85 bits per heavy atom. The van der Waals surface area contributed by atoms with Crippen molar-refractivity contribution in [1.82, 2.24) is 5.32 Å². The maximum Gasteiger partial charge on any atom is 0.422 e. The number of hydrogen-bond donors (Lipinski definition) is 1. The van der Waals surface area contributed by atoms with Gasteiger partial charge in [-0.15, -0.1) is 0 Å². The molecule has 0 unspecified atom stereocenters. The molecule has 0 fully saturated rings. The lowest BCUT2D eigenvalue weighted by atomic mass is 10.1. The van der Waals surface area contributed by atoms with E-state index in [9.17, 15) is 18.0 Å². The molecule has 154 valence electrons. The van der Waals surface area contributed by atoms with E-state index in [1.165, 1.54) is 25.7 Å². The summed E-state index contributed by atoms with van der Waals surface area (Å²) in [6.07, 6.45) is 1.02. The fourth-order valence-electron chi connectivity index (χ4n) is 1.64. The molecule has 1 aromatic rings. The van der Waals surface area contributed by atoms with Crippen LogP contribution in [0.1, 0.15) is 69.3 Å².